The van der Waals surface area contributed by atoms with Crippen LogP contribution in [0.25, 0.3) is 11.0 Å². The minimum atomic E-state index is -0.349. The van der Waals surface area contributed by atoms with Crippen molar-refractivity contribution in [3.63, 3.8) is 0 Å². The van der Waals surface area contributed by atoms with Crippen molar-refractivity contribution in [2.45, 2.75) is 26.8 Å². The van der Waals surface area contributed by atoms with Crippen molar-refractivity contribution in [2.24, 2.45) is 0 Å². The summed E-state index contributed by atoms with van der Waals surface area (Å²) in [6.45, 7) is 9.52. The third-order valence-electron chi connectivity index (χ3n) is 4.16. The first-order chi connectivity index (χ1) is 10.9. The summed E-state index contributed by atoms with van der Waals surface area (Å²) in [7, 11) is 0. The summed E-state index contributed by atoms with van der Waals surface area (Å²) in [4.78, 5) is 18.1. The minimum absolute atomic E-state index is 0.0517. The Kier molecular flexibility index (Phi) is 4.29. The van der Waals surface area contributed by atoms with E-state index in [1.54, 1.807) is 0 Å². The number of fused-ring (bicyclic) bond motifs is 1. The van der Waals surface area contributed by atoms with Gasteiger partial charge in [-0.25, -0.2) is 4.98 Å². The van der Waals surface area contributed by atoms with Crippen molar-refractivity contribution in [3.05, 3.63) is 26.2 Å². The number of rotatable bonds is 3. The fourth-order valence-corrected chi connectivity index (χ4v) is 3.51. The van der Waals surface area contributed by atoms with Crippen LogP contribution in [0.3, 0.4) is 0 Å². The number of hydrogen-bond donors (Lipinski definition) is 1. The molecule has 1 aliphatic heterocycles. The summed E-state index contributed by atoms with van der Waals surface area (Å²) in [5.74, 6) is 0.817. The molecule has 124 valence electrons. The number of nitrogens with one attached hydrogen (secondary N) is 1. The summed E-state index contributed by atoms with van der Waals surface area (Å²) >= 11 is 3.35. The van der Waals surface area contributed by atoms with E-state index in [-0.39, 0.29) is 16.7 Å². The third-order valence-corrected chi connectivity index (χ3v) is 5.16. The summed E-state index contributed by atoms with van der Waals surface area (Å²) < 4.78 is 2.61. The molecule has 0 saturated carbocycles. The number of nitro groups is 1. The number of nitro benzene ring substituents is 1. The van der Waals surface area contributed by atoms with E-state index in [0.29, 0.717) is 9.99 Å². The topological polar surface area (TPSA) is 76.2 Å². The lowest BCUT2D eigenvalue weighted by Crippen LogP contribution is -2.44. The molecule has 1 aliphatic rings. The van der Waals surface area contributed by atoms with E-state index in [2.05, 4.69) is 49.5 Å². The zero-order valence-corrected chi connectivity index (χ0v) is 15.1. The molecule has 1 fully saturated rings. The highest BCUT2D eigenvalue weighted by atomic mass is 79.9. The molecule has 23 heavy (non-hydrogen) atoms. The fourth-order valence-electron chi connectivity index (χ4n) is 3.07. The average molecular weight is 382 g/mol. The Morgan fingerprint density at radius 3 is 2.61 bits per heavy atom. The van der Waals surface area contributed by atoms with Crippen LogP contribution in [0.1, 0.15) is 25.5 Å². The number of imidazole rings is 1. The number of halogens is 1. The monoisotopic (exact) mass is 381 g/mol. The molecular formula is C15H20BrN5O2. The first kappa shape index (κ1) is 16.2. The van der Waals surface area contributed by atoms with E-state index in [9.17, 15) is 10.1 Å². The van der Waals surface area contributed by atoms with E-state index in [0.717, 1.165) is 43.2 Å². The number of aromatic nitrogens is 2. The van der Waals surface area contributed by atoms with Gasteiger partial charge in [0.05, 0.1) is 10.4 Å². The number of anilines is 1. The van der Waals surface area contributed by atoms with Gasteiger partial charge in [0.1, 0.15) is 4.47 Å². The van der Waals surface area contributed by atoms with Crippen LogP contribution in [0.2, 0.25) is 0 Å². The van der Waals surface area contributed by atoms with E-state index < -0.39 is 0 Å². The Bertz CT molecular complexity index is 765. The molecule has 1 saturated heterocycles. The highest BCUT2D eigenvalue weighted by molar-refractivity contribution is 9.10. The fraction of sp³-hybridized carbons (Fsp3) is 0.533. The largest absolute Gasteiger partial charge is 0.340 e. The molecule has 0 radical (unpaired) electrons. The zero-order chi connectivity index (χ0) is 16.7. The van der Waals surface area contributed by atoms with Gasteiger partial charge in [0.2, 0.25) is 5.95 Å². The van der Waals surface area contributed by atoms with Gasteiger partial charge in [0.15, 0.2) is 5.52 Å². The Hall–Kier alpha value is -1.67. The second-order valence-corrected chi connectivity index (χ2v) is 6.89. The summed E-state index contributed by atoms with van der Waals surface area (Å²) in [6.07, 6.45) is 0. The van der Waals surface area contributed by atoms with Crippen LogP contribution in [0.5, 0.6) is 0 Å². The van der Waals surface area contributed by atoms with Crippen LogP contribution < -0.4 is 10.2 Å². The molecule has 0 bridgehead atoms. The van der Waals surface area contributed by atoms with Crippen LogP contribution in [-0.4, -0.2) is 40.7 Å². The maximum atomic E-state index is 11.6. The number of hydrogen-bond acceptors (Lipinski definition) is 5. The lowest BCUT2D eigenvalue weighted by atomic mass is 10.2. The maximum absolute atomic E-state index is 11.6. The van der Waals surface area contributed by atoms with Crippen molar-refractivity contribution in [3.8, 4) is 0 Å². The summed E-state index contributed by atoms with van der Waals surface area (Å²) in [5.41, 5.74) is 2.17. The Labute approximate surface area is 142 Å². The smallest absolute Gasteiger partial charge is 0.311 e. The van der Waals surface area contributed by atoms with Crippen molar-refractivity contribution < 1.29 is 4.92 Å². The highest BCUT2D eigenvalue weighted by Crippen LogP contribution is 2.39. The second-order valence-electron chi connectivity index (χ2n) is 6.09. The molecule has 0 unspecified atom stereocenters. The molecular weight excluding hydrogens is 362 g/mol. The lowest BCUT2D eigenvalue weighted by Gasteiger charge is -2.29. The van der Waals surface area contributed by atoms with Gasteiger partial charge in [-0.3, -0.25) is 10.1 Å². The second kappa shape index (κ2) is 6.09. The van der Waals surface area contributed by atoms with Crippen LogP contribution in [0.15, 0.2) is 10.5 Å². The first-order valence-electron chi connectivity index (χ1n) is 7.73. The van der Waals surface area contributed by atoms with E-state index in [1.165, 1.54) is 0 Å². The first-order valence-corrected chi connectivity index (χ1v) is 8.52. The normalized spacial score (nSPS) is 15.6. The van der Waals surface area contributed by atoms with Crippen molar-refractivity contribution in [1.29, 1.82) is 0 Å². The lowest BCUT2D eigenvalue weighted by molar-refractivity contribution is -0.384. The van der Waals surface area contributed by atoms with Gasteiger partial charge in [0.25, 0.3) is 0 Å². The molecule has 0 atom stereocenters. The van der Waals surface area contributed by atoms with Crippen LogP contribution in [-0.2, 0) is 0 Å². The maximum Gasteiger partial charge on any atom is 0.311 e. The number of nitrogens with zero attached hydrogens (tertiary/aromatic N) is 4. The molecule has 1 aromatic heterocycles. The van der Waals surface area contributed by atoms with Crippen LogP contribution in [0.4, 0.5) is 11.6 Å². The molecule has 0 spiro atoms. The molecule has 1 aromatic carbocycles. The summed E-state index contributed by atoms with van der Waals surface area (Å²) in [6, 6.07) is 2.15. The number of benzene rings is 1. The van der Waals surface area contributed by atoms with Gasteiger partial charge in [-0.05, 0) is 48.3 Å². The van der Waals surface area contributed by atoms with Crippen molar-refractivity contribution in [1.82, 2.24) is 14.9 Å². The van der Waals surface area contributed by atoms with E-state index in [1.807, 2.05) is 13.0 Å². The quantitative estimate of drug-likeness (QED) is 0.653. The molecule has 2 heterocycles. The van der Waals surface area contributed by atoms with Crippen LogP contribution >= 0.6 is 15.9 Å². The van der Waals surface area contributed by atoms with E-state index >= 15 is 0 Å². The zero-order valence-electron chi connectivity index (χ0n) is 13.5. The number of piperazine rings is 1. The Morgan fingerprint density at radius 1 is 1.39 bits per heavy atom. The Balaban J connectivity index is 2.30. The predicted molar refractivity (Wildman–Crippen MR) is 94.3 cm³/mol. The van der Waals surface area contributed by atoms with Gasteiger partial charge in [-0.1, -0.05) is 0 Å². The SMILES string of the molecule is Cc1cc2c(nc(N3CCNCC3)n2C(C)C)c([N+](=O)[O-])c1Br. The van der Waals surface area contributed by atoms with Gasteiger partial charge in [-0.15, -0.1) is 0 Å². The van der Waals surface area contributed by atoms with Crippen molar-refractivity contribution >= 4 is 38.6 Å². The summed E-state index contributed by atoms with van der Waals surface area (Å²) in [5, 5.41) is 14.9. The number of aryl methyl sites for hydroxylation is 1. The van der Waals surface area contributed by atoms with Gasteiger partial charge in [-0.2, -0.15) is 0 Å². The molecule has 0 aliphatic carbocycles. The minimum Gasteiger partial charge on any atom is -0.340 e. The van der Waals surface area contributed by atoms with Gasteiger partial charge < -0.3 is 14.8 Å². The average Bonchev–Trinajstić information content (AvgIpc) is 2.87. The molecule has 8 heteroatoms. The van der Waals surface area contributed by atoms with Crippen LogP contribution in [0, 0.1) is 17.0 Å². The standard InChI is InChI=1S/C15H20BrN5O2/c1-9(2)20-11-8-10(3)12(16)14(21(22)23)13(11)18-15(20)19-6-4-17-5-7-19/h8-9,17H,4-7H2,1-3H3. The highest BCUT2D eigenvalue weighted by Gasteiger charge is 2.28. The third kappa shape index (κ3) is 2.70. The predicted octanol–water partition coefficient (Wildman–Crippen LogP) is 3.01. The van der Waals surface area contributed by atoms with Crippen molar-refractivity contribution in [2.75, 3.05) is 31.1 Å². The molecule has 7 nitrogen and oxygen atoms in total. The van der Waals surface area contributed by atoms with Gasteiger partial charge >= 0.3 is 5.69 Å². The molecule has 0 amide bonds. The molecule has 2 aromatic rings. The van der Waals surface area contributed by atoms with Gasteiger partial charge in [0, 0.05) is 32.2 Å². The van der Waals surface area contributed by atoms with E-state index in [4.69, 9.17) is 0 Å². The molecule has 1 N–H and O–H groups in total. The molecule has 3 rings (SSSR count). The Morgan fingerprint density at radius 2 is 2.04 bits per heavy atom.